The zero-order valence-corrected chi connectivity index (χ0v) is 15.6. The van der Waals surface area contributed by atoms with Crippen LogP contribution in [0, 0.1) is 12.8 Å². The summed E-state index contributed by atoms with van der Waals surface area (Å²) in [7, 11) is -3.43. The summed E-state index contributed by atoms with van der Waals surface area (Å²) >= 11 is 0. The van der Waals surface area contributed by atoms with Crippen LogP contribution in [0.2, 0.25) is 0 Å². The normalized spacial score (nSPS) is 27.2. The first kappa shape index (κ1) is 16.2. The van der Waals surface area contributed by atoms with Gasteiger partial charge in [-0.2, -0.15) is 9.40 Å². The summed E-state index contributed by atoms with van der Waals surface area (Å²) in [4.78, 5) is 2.65. The lowest BCUT2D eigenvalue weighted by Crippen LogP contribution is -2.47. The van der Waals surface area contributed by atoms with Gasteiger partial charge in [0.25, 0.3) is 0 Å². The second-order valence-corrected chi connectivity index (χ2v) is 9.54. The highest BCUT2D eigenvalue weighted by molar-refractivity contribution is 7.89. The van der Waals surface area contributed by atoms with Gasteiger partial charge < -0.3 is 4.90 Å². The Bertz CT molecular complexity index is 956. The van der Waals surface area contributed by atoms with Crippen LogP contribution in [0.5, 0.6) is 0 Å². The van der Waals surface area contributed by atoms with Crippen LogP contribution >= 0.6 is 0 Å². The number of fused-ring (bicyclic) bond motifs is 2. The Morgan fingerprint density at radius 1 is 1.15 bits per heavy atom. The van der Waals surface area contributed by atoms with Crippen molar-refractivity contribution in [2.45, 2.75) is 36.6 Å². The summed E-state index contributed by atoms with van der Waals surface area (Å²) < 4.78 is 28.3. The number of hydrogen-bond acceptors (Lipinski definition) is 5. The number of hydrogen-bond donors (Lipinski definition) is 0. The highest BCUT2D eigenvalue weighted by Gasteiger charge is 2.57. The van der Waals surface area contributed by atoms with E-state index in [1.165, 1.54) is 0 Å². The minimum atomic E-state index is -3.43. The average Bonchev–Trinajstić information content (AvgIpc) is 3.33. The molecule has 1 saturated heterocycles. The molecular weight excluding hydrogens is 348 g/mol. The van der Waals surface area contributed by atoms with E-state index in [1.807, 2.05) is 37.3 Å². The Hall–Kier alpha value is -1.99. The molecular formula is C19H22N4O2S. The lowest BCUT2D eigenvalue weighted by Gasteiger charge is -2.34. The Labute approximate surface area is 153 Å². The minimum Gasteiger partial charge on any atom is -0.353 e. The molecule has 1 aliphatic carbocycles. The molecule has 2 fully saturated rings. The van der Waals surface area contributed by atoms with E-state index in [0.29, 0.717) is 23.9 Å². The molecule has 0 radical (unpaired) electrons. The fourth-order valence-corrected chi connectivity index (χ4v) is 6.48. The number of anilines is 1. The van der Waals surface area contributed by atoms with Crippen LogP contribution in [0.25, 0.3) is 0 Å². The number of aryl methyl sites for hydroxylation is 1. The fourth-order valence-electron chi connectivity index (χ4n) is 4.34. The van der Waals surface area contributed by atoms with E-state index in [9.17, 15) is 8.42 Å². The largest absolute Gasteiger partial charge is 0.353 e. The molecule has 1 saturated carbocycles. The van der Waals surface area contributed by atoms with Crippen molar-refractivity contribution in [2.24, 2.45) is 5.92 Å². The fraction of sp³-hybridized carbons (Fsp3) is 0.474. The number of nitrogens with zero attached hydrogens (tertiary/aromatic N) is 4. The Morgan fingerprint density at radius 2 is 1.96 bits per heavy atom. The highest BCUT2D eigenvalue weighted by Crippen LogP contribution is 2.51. The molecule has 0 bridgehead atoms. The molecule has 0 amide bonds. The maximum atomic E-state index is 13.3. The summed E-state index contributed by atoms with van der Waals surface area (Å²) in [6.07, 6.45) is 3.04. The van der Waals surface area contributed by atoms with Crippen LogP contribution in [0.4, 0.5) is 5.82 Å². The standard InChI is InChI=1S/C19H22N4O2S/c1-14-6-9-18(21-20-14)22-11-10-19(13-22)16-4-2-3-5-17(16)26(24,25)23(19)12-15-7-8-15/h2-6,9,15H,7-8,10-13H2,1H3. The van der Waals surface area contributed by atoms with E-state index >= 15 is 0 Å². The third kappa shape index (κ3) is 2.30. The van der Waals surface area contributed by atoms with Crippen LogP contribution < -0.4 is 4.90 Å². The molecule has 5 rings (SSSR count). The molecule has 2 aromatic rings. The first-order valence-electron chi connectivity index (χ1n) is 9.18. The van der Waals surface area contributed by atoms with Crippen LogP contribution in [0.1, 0.15) is 30.5 Å². The molecule has 26 heavy (non-hydrogen) atoms. The van der Waals surface area contributed by atoms with E-state index in [2.05, 4.69) is 15.1 Å². The highest BCUT2D eigenvalue weighted by atomic mass is 32.2. The molecule has 3 heterocycles. The van der Waals surface area contributed by atoms with Gasteiger partial charge in [0, 0.05) is 19.6 Å². The molecule has 6 nitrogen and oxygen atoms in total. The van der Waals surface area contributed by atoms with Crippen molar-refractivity contribution in [2.75, 3.05) is 24.5 Å². The molecule has 1 unspecified atom stereocenters. The van der Waals surface area contributed by atoms with Crippen LogP contribution in [0.3, 0.4) is 0 Å². The average molecular weight is 370 g/mol. The van der Waals surface area contributed by atoms with Gasteiger partial charge in [0.1, 0.15) is 0 Å². The first-order chi connectivity index (χ1) is 12.5. The minimum absolute atomic E-state index is 0.482. The predicted molar refractivity (Wildman–Crippen MR) is 98.3 cm³/mol. The molecule has 1 atom stereocenters. The molecule has 1 aromatic carbocycles. The van der Waals surface area contributed by atoms with Gasteiger partial charge in [0.2, 0.25) is 10.0 Å². The SMILES string of the molecule is Cc1ccc(N2CCC3(C2)c2ccccc2S(=O)(=O)N3CC2CC2)nn1. The van der Waals surface area contributed by atoms with Crippen LogP contribution in [0.15, 0.2) is 41.3 Å². The predicted octanol–water partition coefficient (Wildman–Crippen LogP) is 2.30. The number of aromatic nitrogens is 2. The number of sulfonamides is 1. The van der Waals surface area contributed by atoms with Crippen molar-refractivity contribution >= 4 is 15.8 Å². The summed E-state index contributed by atoms with van der Waals surface area (Å²) in [6.45, 7) is 3.96. The van der Waals surface area contributed by atoms with E-state index in [0.717, 1.165) is 42.9 Å². The van der Waals surface area contributed by atoms with E-state index in [1.54, 1.807) is 10.4 Å². The summed E-state index contributed by atoms with van der Waals surface area (Å²) in [5.74, 6) is 1.32. The van der Waals surface area contributed by atoms with Crippen molar-refractivity contribution in [1.82, 2.24) is 14.5 Å². The summed E-state index contributed by atoms with van der Waals surface area (Å²) in [5.41, 5.74) is 1.35. The van der Waals surface area contributed by atoms with Crippen molar-refractivity contribution in [3.8, 4) is 0 Å². The topological polar surface area (TPSA) is 66.4 Å². The quantitative estimate of drug-likeness (QED) is 0.829. The van der Waals surface area contributed by atoms with E-state index < -0.39 is 15.6 Å². The molecule has 1 spiro atoms. The van der Waals surface area contributed by atoms with Gasteiger partial charge in [0.15, 0.2) is 5.82 Å². The molecule has 3 aliphatic rings. The maximum Gasteiger partial charge on any atom is 0.244 e. The lowest BCUT2D eigenvalue weighted by atomic mass is 9.88. The first-order valence-corrected chi connectivity index (χ1v) is 10.6. The van der Waals surface area contributed by atoms with E-state index in [4.69, 9.17) is 0 Å². The zero-order chi connectivity index (χ0) is 17.9. The van der Waals surface area contributed by atoms with Crippen molar-refractivity contribution in [1.29, 1.82) is 0 Å². The zero-order valence-electron chi connectivity index (χ0n) is 14.8. The van der Waals surface area contributed by atoms with Gasteiger partial charge in [-0.05, 0) is 55.9 Å². The van der Waals surface area contributed by atoms with Crippen molar-refractivity contribution in [3.63, 3.8) is 0 Å². The Kier molecular flexibility index (Phi) is 3.43. The summed E-state index contributed by atoms with van der Waals surface area (Å²) in [5, 5.41) is 8.48. The second kappa shape index (κ2) is 5.50. The van der Waals surface area contributed by atoms with E-state index in [-0.39, 0.29) is 0 Å². The van der Waals surface area contributed by atoms with Crippen LogP contribution in [-0.2, 0) is 15.6 Å². The van der Waals surface area contributed by atoms with Gasteiger partial charge in [-0.3, -0.25) is 0 Å². The number of rotatable bonds is 3. The van der Waals surface area contributed by atoms with Crippen molar-refractivity contribution in [3.05, 3.63) is 47.7 Å². The molecule has 7 heteroatoms. The lowest BCUT2D eigenvalue weighted by molar-refractivity contribution is 0.215. The smallest absolute Gasteiger partial charge is 0.244 e. The van der Waals surface area contributed by atoms with Crippen LogP contribution in [-0.4, -0.2) is 42.6 Å². The van der Waals surface area contributed by atoms with Gasteiger partial charge in [0.05, 0.1) is 16.1 Å². The monoisotopic (exact) mass is 370 g/mol. The third-order valence-corrected chi connectivity index (χ3v) is 7.90. The summed E-state index contributed by atoms with van der Waals surface area (Å²) in [6, 6.07) is 11.4. The molecule has 0 N–H and O–H groups in total. The Morgan fingerprint density at radius 3 is 2.69 bits per heavy atom. The third-order valence-electron chi connectivity index (χ3n) is 5.91. The second-order valence-electron chi connectivity index (χ2n) is 7.71. The molecule has 136 valence electrons. The van der Waals surface area contributed by atoms with Crippen molar-refractivity contribution < 1.29 is 8.42 Å². The molecule has 2 aliphatic heterocycles. The molecule has 1 aromatic heterocycles. The van der Waals surface area contributed by atoms with Gasteiger partial charge in [-0.25, -0.2) is 8.42 Å². The van der Waals surface area contributed by atoms with Gasteiger partial charge in [-0.15, -0.1) is 5.10 Å². The maximum absolute atomic E-state index is 13.3. The number of benzene rings is 1. The van der Waals surface area contributed by atoms with Gasteiger partial charge in [-0.1, -0.05) is 18.2 Å². The van der Waals surface area contributed by atoms with Gasteiger partial charge >= 0.3 is 0 Å². The Balaban J connectivity index is 1.58.